The number of aliphatic hydroxyl groups is 2. The van der Waals surface area contributed by atoms with E-state index in [-0.39, 0.29) is 34.9 Å². The average Bonchev–Trinajstić information content (AvgIpc) is 3.23. The van der Waals surface area contributed by atoms with Crippen LogP contribution in [0.1, 0.15) is 69.8 Å². The van der Waals surface area contributed by atoms with Crippen molar-refractivity contribution in [2.45, 2.75) is 76.9 Å². The Morgan fingerprint density at radius 1 is 1.27 bits per heavy atom. The van der Waals surface area contributed by atoms with Crippen molar-refractivity contribution in [3.63, 3.8) is 0 Å². The van der Waals surface area contributed by atoms with Gasteiger partial charge in [0.2, 0.25) is 0 Å². The van der Waals surface area contributed by atoms with Gasteiger partial charge in [0.05, 0.1) is 6.10 Å². The first-order valence-corrected chi connectivity index (χ1v) is 11.3. The maximum Gasteiger partial charge on any atom is 0.136 e. The van der Waals surface area contributed by atoms with Crippen LogP contribution in [-0.4, -0.2) is 27.7 Å². The van der Waals surface area contributed by atoms with Crippen LogP contribution in [0.5, 0.6) is 0 Å². The van der Waals surface area contributed by atoms with Crippen LogP contribution in [-0.2, 0) is 4.79 Å². The summed E-state index contributed by atoms with van der Waals surface area (Å²) in [6, 6.07) is 4.01. The molecule has 5 rings (SSSR count). The second-order valence-corrected chi connectivity index (χ2v) is 10.7. The Balaban J connectivity index is 1.70. The van der Waals surface area contributed by atoms with Crippen LogP contribution in [0.2, 0.25) is 0 Å². The third kappa shape index (κ3) is 2.46. The van der Waals surface area contributed by atoms with Crippen LogP contribution in [0.25, 0.3) is 0 Å². The molecule has 30 heavy (non-hydrogen) atoms. The smallest absolute Gasteiger partial charge is 0.136 e. The van der Waals surface area contributed by atoms with Gasteiger partial charge in [0.25, 0.3) is 0 Å². The number of aliphatic hydroxyl groups excluding tert-OH is 1. The highest BCUT2D eigenvalue weighted by Crippen LogP contribution is 2.69. The van der Waals surface area contributed by atoms with Crippen molar-refractivity contribution in [2.24, 2.45) is 28.6 Å². The fraction of sp³-hybridized carbons (Fsp3) is 0.654. The molecular formula is C26H32O4. The summed E-state index contributed by atoms with van der Waals surface area (Å²) in [6.45, 7) is 6.25. The lowest BCUT2D eigenvalue weighted by Gasteiger charge is -2.61. The van der Waals surface area contributed by atoms with Crippen molar-refractivity contribution in [3.8, 4) is 12.3 Å². The van der Waals surface area contributed by atoms with Gasteiger partial charge in [0.1, 0.15) is 22.9 Å². The van der Waals surface area contributed by atoms with E-state index in [2.05, 4.69) is 25.8 Å². The molecule has 0 amide bonds. The molecule has 4 heteroatoms. The van der Waals surface area contributed by atoms with Crippen molar-refractivity contribution in [3.05, 3.63) is 35.3 Å². The third-order valence-corrected chi connectivity index (χ3v) is 9.41. The van der Waals surface area contributed by atoms with Gasteiger partial charge in [-0.3, -0.25) is 4.79 Å². The summed E-state index contributed by atoms with van der Waals surface area (Å²) in [5.41, 5.74) is -0.768. The van der Waals surface area contributed by atoms with E-state index >= 15 is 0 Å². The number of terminal acetylenes is 1. The molecule has 3 saturated carbocycles. The number of Topliss-reactive ketones (excluding diaryl/α,β-unsaturated/α-hetero) is 1. The molecule has 0 saturated heterocycles. The number of hydrogen-bond donors (Lipinski definition) is 2. The van der Waals surface area contributed by atoms with E-state index in [1.807, 2.05) is 19.1 Å². The Hall–Kier alpha value is -1.83. The molecule has 0 radical (unpaired) electrons. The summed E-state index contributed by atoms with van der Waals surface area (Å²) in [5.74, 6) is 5.04. The number of hydrogen-bond acceptors (Lipinski definition) is 4. The molecule has 0 bridgehead atoms. The molecule has 0 aliphatic heterocycles. The van der Waals surface area contributed by atoms with Gasteiger partial charge in [-0.15, -0.1) is 6.42 Å². The fourth-order valence-corrected chi connectivity index (χ4v) is 7.77. The van der Waals surface area contributed by atoms with Gasteiger partial charge in [-0.05, 0) is 67.9 Å². The summed E-state index contributed by atoms with van der Waals surface area (Å²) < 4.78 is 6.09. The average molecular weight is 409 g/mol. The first-order valence-electron chi connectivity index (χ1n) is 11.3. The van der Waals surface area contributed by atoms with Crippen LogP contribution >= 0.6 is 0 Å². The highest BCUT2D eigenvalue weighted by atomic mass is 16.3. The monoisotopic (exact) mass is 408 g/mol. The van der Waals surface area contributed by atoms with Crippen molar-refractivity contribution < 1.29 is 19.4 Å². The molecule has 4 aliphatic carbocycles. The third-order valence-electron chi connectivity index (χ3n) is 9.41. The number of ketones is 1. The predicted molar refractivity (Wildman–Crippen MR) is 113 cm³/mol. The molecule has 2 unspecified atom stereocenters. The number of rotatable bonds is 1. The van der Waals surface area contributed by atoms with Crippen LogP contribution in [0.4, 0.5) is 0 Å². The van der Waals surface area contributed by atoms with Gasteiger partial charge < -0.3 is 14.6 Å². The number of carbonyl (C=O) groups is 1. The summed E-state index contributed by atoms with van der Waals surface area (Å²) in [6.07, 6.45) is 11.3. The molecule has 8 atom stereocenters. The molecule has 1 heterocycles. The quantitative estimate of drug-likeness (QED) is 0.541. The fourth-order valence-electron chi connectivity index (χ4n) is 7.77. The van der Waals surface area contributed by atoms with E-state index in [0.29, 0.717) is 25.7 Å². The van der Waals surface area contributed by atoms with Gasteiger partial charge in [-0.1, -0.05) is 31.4 Å². The number of furan rings is 1. The van der Waals surface area contributed by atoms with E-state index in [1.165, 1.54) is 0 Å². The first-order chi connectivity index (χ1) is 14.1. The number of carbonyl (C=O) groups excluding carboxylic acids is 1. The van der Waals surface area contributed by atoms with Gasteiger partial charge in [0, 0.05) is 24.2 Å². The maximum atomic E-state index is 12.3. The lowest BCUT2D eigenvalue weighted by Crippen LogP contribution is -2.60. The van der Waals surface area contributed by atoms with Crippen molar-refractivity contribution in [1.82, 2.24) is 0 Å². The van der Waals surface area contributed by atoms with Crippen molar-refractivity contribution in [2.75, 3.05) is 0 Å². The maximum absolute atomic E-state index is 12.3. The van der Waals surface area contributed by atoms with Gasteiger partial charge in [-0.25, -0.2) is 0 Å². The van der Waals surface area contributed by atoms with Gasteiger partial charge in [-0.2, -0.15) is 0 Å². The zero-order chi connectivity index (χ0) is 21.5. The normalized spacial score (nSPS) is 47.7. The van der Waals surface area contributed by atoms with E-state index in [1.54, 1.807) is 0 Å². The van der Waals surface area contributed by atoms with Crippen LogP contribution in [0.3, 0.4) is 0 Å². The minimum atomic E-state index is -1.19. The van der Waals surface area contributed by atoms with Crippen LogP contribution < -0.4 is 0 Å². The Labute approximate surface area is 178 Å². The van der Waals surface area contributed by atoms with Gasteiger partial charge >= 0.3 is 0 Å². The minimum Gasteiger partial charge on any atom is -0.466 e. The molecule has 4 nitrogen and oxygen atoms in total. The molecule has 1 aromatic rings. The Bertz CT molecular complexity index is 966. The van der Waals surface area contributed by atoms with E-state index in [9.17, 15) is 15.0 Å². The van der Waals surface area contributed by atoms with Crippen molar-refractivity contribution in [1.29, 1.82) is 0 Å². The van der Waals surface area contributed by atoms with E-state index in [0.717, 1.165) is 29.9 Å². The molecule has 4 aliphatic rings. The molecule has 160 valence electrons. The Morgan fingerprint density at radius 2 is 2.03 bits per heavy atom. The summed E-state index contributed by atoms with van der Waals surface area (Å²) in [5, 5.41) is 22.9. The molecule has 0 aromatic carbocycles. The summed E-state index contributed by atoms with van der Waals surface area (Å²) in [4.78, 5) is 12.3. The molecule has 2 N–H and O–H groups in total. The largest absolute Gasteiger partial charge is 0.466 e. The Kier molecular flexibility index (Phi) is 4.25. The second kappa shape index (κ2) is 6.34. The zero-order valence-electron chi connectivity index (χ0n) is 18.1. The summed E-state index contributed by atoms with van der Waals surface area (Å²) in [7, 11) is 0. The standard InChI is InChI=1S/C26H32O4/c1-5-26(29)11-9-19-22-18(21-7-6-15(2)30-21)13-16-12-17(27)8-10-24(16,3)23(22)20(28)14-25(19,26)4/h1,6-7,13,18-20,22-23,28-29H,8-12,14H2,2-4H3/t18-,19-,20+,22-,23?,24-,25-,26?/m0/s1. The lowest BCUT2D eigenvalue weighted by atomic mass is 9.44. The van der Waals surface area contributed by atoms with E-state index < -0.39 is 17.1 Å². The number of allylic oxidation sites excluding steroid dienone is 2. The highest BCUT2D eigenvalue weighted by Gasteiger charge is 2.67. The topological polar surface area (TPSA) is 70.7 Å². The first kappa shape index (κ1) is 20.1. The van der Waals surface area contributed by atoms with Crippen LogP contribution in [0, 0.1) is 47.9 Å². The number of aryl methyl sites for hydroxylation is 1. The van der Waals surface area contributed by atoms with Crippen molar-refractivity contribution >= 4 is 5.78 Å². The molecule has 1 aromatic heterocycles. The molecular weight excluding hydrogens is 376 g/mol. The number of fused-ring (bicyclic) bond motifs is 5. The zero-order valence-corrected chi connectivity index (χ0v) is 18.1. The predicted octanol–water partition coefficient (Wildman–Crippen LogP) is 4.15. The lowest BCUT2D eigenvalue weighted by molar-refractivity contribution is -0.156. The second-order valence-electron chi connectivity index (χ2n) is 10.7. The summed E-state index contributed by atoms with van der Waals surface area (Å²) >= 11 is 0. The minimum absolute atomic E-state index is 0.0166. The molecule has 3 fully saturated rings. The van der Waals surface area contributed by atoms with E-state index in [4.69, 9.17) is 10.8 Å². The highest BCUT2D eigenvalue weighted by molar-refractivity contribution is 5.82. The van der Waals surface area contributed by atoms with Crippen LogP contribution in [0.15, 0.2) is 28.2 Å². The SMILES string of the molecule is C#CC1(O)CC[C@H]2[C@H]3C([C@H](O)C[C@@]21C)[C@@]1(C)CCC(=O)CC1=C[C@H]3c1ccc(C)o1. The molecule has 0 spiro atoms. The Morgan fingerprint density at radius 3 is 2.70 bits per heavy atom. The van der Waals surface area contributed by atoms with Gasteiger partial charge in [0.15, 0.2) is 0 Å².